The number of carbonyl (C=O) groups is 1. The van der Waals surface area contributed by atoms with Crippen molar-refractivity contribution in [2.24, 2.45) is 0 Å². The Balaban J connectivity index is 1.93. The van der Waals surface area contributed by atoms with Gasteiger partial charge < -0.3 is 4.90 Å². The highest BCUT2D eigenvalue weighted by atomic mass is 32.2. The maximum absolute atomic E-state index is 13.7. The minimum Gasteiger partial charge on any atom is -0.378 e. The number of ketones is 1. The largest absolute Gasteiger partial charge is 0.378 e. The van der Waals surface area contributed by atoms with Gasteiger partial charge >= 0.3 is 0 Å². The van der Waals surface area contributed by atoms with Gasteiger partial charge in [0.15, 0.2) is 15.9 Å². The summed E-state index contributed by atoms with van der Waals surface area (Å²) in [6.45, 7) is 0. The average Bonchev–Trinajstić information content (AvgIpc) is 2.74. The predicted octanol–water partition coefficient (Wildman–Crippen LogP) is 4.50. The molecule has 0 heterocycles. The molecule has 0 bridgehead atoms. The van der Waals surface area contributed by atoms with E-state index in [0.717, 1.165) is 11.3 Å². The lowest BCUT2D eigenvalue weighted by molar-refractivity contribution is 0.102. The maximum atomic E-state index is 13.7. The van der Waals surface area contributed by atoms with Crippen molar-refractivity contribution in [3.8, 4) is 11.2 Å². The Morgan fingerprint density at radius 2 is 1.43 bits per heavy atom. The van der Waals surface area contributed by atoms with Crippen molar-refractivity contribution in [1.29, 1.82) is 0 Å². The quantitative estimate of drug-likeness (QED) is 0.367. The summed E-state index contributed by atoms with van der Waals surface area (Å²) in [6.07, 6.45) is 0. The molecular weight excluding hydrogens is 366 g/mol. The molecule has 3 rings (SSSR count). The molecule has 3 nitrogen and oxygen atoms in total. The van der Waals surface area contributed by atoms with Crippen LogP contribution in [0.25, 0.3) is 0 Å². The molecule has 0 aliphatic heterocycles. The summed E-state index contributed by atoms with van der Waals surface area (Å²) in [5.41, 5.74) is 2.31. The Bertz CT molecular complexity index is 1050. The highest BCUT2D eigenvalue weighted by molar-refractivity contribution is 8.07. The number of anilines is 1. The lowest BCUT2D eigenvalue weighted by atomic mass is 10.1. The van der Waals surface area contributed by atoms with E-state index in [4.69, 9.17) is 0 Å². The van der Waals surface area contributed by atoms with Crippen LogP contribution in [-0.4, -0.2) is 25.6 Å². The highest BCUT2D eigenvalue weighted by Crippen LogP contribution is 2.22. The van der Waals surface area contributed by atoms with Crippen molar-refractivity contribution in [3.63, 3.8) is 0 Å². The summed E-state index contributed by atoms with van der Waals surface area (Å²) in [6, 6.07) is 25.7. The number of nitrogens with zero attached hydrogens (tertiary/aromatic N) is 1. The standard InChI is InChI=1S/C24H22NO2S/c1-25(2)22-15-13-21(14-16-22)24(26)19-28(27,23-11-7-4-8-12-23)18-17-20-9-5-3-6-10-20/h3-16H,19H2,1-2H3/q+1. The number of rotatable bonds is 5. The maximum Gasteiger partial charge on any atom is 0.213 e. The molecule has 0 saturated heterocycles. The van der Waals surface area contributed by atoms with Crippen LogP contribution in [0.15, 0.2) is 89.8 Å². The second-order valence-corrected chi connectivity index (χ2v) is 8.90. The van der Waals surface area contributed by atoms with Crippen LogP contribution >= 0.6 is 0 Å². The predicted molar refractivity (Wildman–Crippen MR) is 116 cm³/mol. The van der Waals surface area contributed by atoms with Crippen LogP contribution in [0.4, 0.5) is 5.69 Å². The van der Waals surface area contributed by atoms with Crippen molar-refractivity contribution < 1.29 is 9.00 Å². The number of benzene rings is 3. The fourth-order valence-corrected chi connectivity index (χ4v) is 4.47. The van der Waals surface area contributed by atoms with Crippen LogP contribution in [0.1, 0.15) is 15.9 Å². The molecule has 0 amide bonds. The number of Topliss-reactive ketones (excluding diaryl/α,β-unsaturated/α-hetero) is 1. The van der Waals surface area contributed by atoms with Crippen molar-refractivity contribution in [1.82, 2.24) is 0 Å². The zero-order valence-electron chi connectivity index (χ0n) is 16.0. The average molecular weight is 389 g/mol. The molecule has 4 heteroatoms. The van der Waals surface area contributed by atoms with E-state index in [1.165, 1.54) is 0 Å². The third-order valence-corrected chi connectivity index (χ3v) is 6.43. The first-order valence-electron chi connectivity index (χ1n) is 8.93. The molecule has 0 spiro atoms. The van der Waals surface area contributed by atoms with Gasteiger partial charge in [0.05, 0.1) is 0 Å². The smallest absolute Gasteiger partial charge is 0.213 e. The molecule has 1 atom stereocenters. The second-order valence-electron chi connectivity index (χ2n) is 6.59. The lowest BCUT2D eigenvalue weighted by Gasteiger charge is -2.12. The van der Waals surface area contributed by atoms with E-state index in [-0.39, 0.29) is 11.5 Å². The van der Waals surface area contributed by atoms with Gasteiger partial charge in [-0.25, -0.2) is 0 Å². The summed E-state index contributed by atoms with van der Waals surface area (Å²) in [4.78, 5) is 15.4. The third kappa shape index (κ3) is 4.76. The van der Waals surface area contributed by atoms with Gasteiger partial charge in [-0.3, -0.25) is 4.79 Å². The molecule has 0 N–H and O–H groups in total. The molecule has 0 fully saturated rings. The second kappa shape index (κ2) is 8.69. The van der Waals surface area contributed by atoms with Crippen LogP contribution in [0, 0.1) is 11.2 Å². The molecule has 0 aromatic heterocycles. The van der Waals surface area contributed by atoms with Gasteiger partial charge in [0.1, 0.15) is 0 Å². The van der Waals surface area contributed by atoms with Crippen molar-refractivity contribution >= 4 is 21.4 Å². The Morgan fingerprint density at radius 1 is 0.857 bits per heavy atom. The van der Waals surface area contributed by atoms with Crippen molar-refractivity contribution in [2.45, 2.75) is 4.90 Å². The fraction of sp³-hybridized carbons (Fsp3) is 0.125. The number of hydrogen-bond acceptors (Lipinski definition) is 3. The van der Waals surface area contributed by atoms with Crippen LogP contribution in [0.3, 0.4) is 0 Å². The minimum atomic E-state index is -2.86. The monoisotopic (exact) mass is 388 g/mol. The molecular formula is C24H22NO2S+. The van der Waals surface area contributed by atoms with E-state index >= 15 is 0 Å². The third-order valence-electron chi connectivity index (χ3n) is 4.30. The molecule has 0 aliphatic rings. The molecule has 28 heavy (non-hydrogen) atoms. The molecule has 1 unspecified atom stereocenters. The van der Waals surface area contributed by atoms with Gasteiger partial charge in [0.25, 0.3) is 0 Å². The summed E-state index contributed by atoms with van der Waals surface area (Å²) < 4.78 is 13.7. The van der Waals surface area contributed by atoms with Crippen LogP contribution in [-0.2, 0) is 14.1 Å². The van der Waals surface area contributed by atoms with E-state index in [2.05, 4.69) is 11.2 Å². The van der Waals surface area contributed by atoms with Gasteiger partial charge in [-0.2, -0.15) is 0 Å². The zero-order valence-corrected chi connectivity index (χ0v) is 16.8. The van der Waals surface area contributed by atoms with Gasteiger partial charge in [0, 0.05) is 30.9 Å². The SMILES string of the molecule is CN(C)c1ccc(C(=O)C[S+](=O)(C#Cc2ccccc2)c2ccccc2)cc1. The van der Waals surface area contributed by atoms with Crippen LogP contribution in [0.5, 0.6) is 0 Å². The van der Waals surface area contributed by atoms with Crippen LogP contribution < -0.4 is 4.90 Å². The fourth-order valence-electron chi connectivity index (χ4n) is 2.69. The van der Waals surface area contributed by atoms with E-state index < -0.39 is 9.93 Å². The lowest BCUT2D eigenvalue weighted by Crippen LogP contribution is -2.21. The molecule has 140 valence electrons. The normalized spacial score (nSPS) is 12.4. The van der Waals surface area contributed by atoms with Gasteiger partial charge in [0.2, 0.25) is 15.7 Å². The van der Waals surface area contributed by atoms with E-state index in [1.54, 1.807) is 24.3 Å². The number of hydrogen-bond donors (Lipinski definition) is 0. The first-order valence-corrected chi connectivity index (χ1v) is 10.7. The summed E-state index contributed by atoms with van der Waals surface area (Å²) >= 11 is 0. The zero-order chi connectivity index (χ0) is 20.0. The Hall–Kier alpha value is -3.16. The van der Waals surface area contributed by atoms with Gasteiger partial charge in [-0.15, -0.1) is 0 Å². The van der Waals surface area contributed by atoms with Crippen molar-refractivity contribution in [3.05, 3.63) is 96.1 Å². The van der Waals surface area contributed by atoms with E-state index in [1.807, 2.05) is 79.7 Å². The first kappa shape index (κ1) is 19.6. The Morgan fingerprint density at radius 3 is 2.00 bits per heavy atom. The van der Waals surface area contributed by atoms with Crippen LogP contribution in [0.2, 0.25) is 0 Å². The van der Waals surface area contributed by atoms with E-state index in [0.29, 0.717) is 10.5 Å². The van der Waals surface area contributed by atoms with Gasteiger partial charge in [-0.05, 0) is 54.5 Å². The first-order chi connectivity index (χ1) is 13.5. The molecule has 0 saturated carbocycles. The topological polar surface area (TPSA) is 37.4 Å². The molecule has 3 aromatic carbocycles. The Kier molecular flexibility index (Phi) is 6.08. The van der Waals surface area contributed by atoms with Crippen molar-refractivity contribution in [2.75, 3.05) is 24.7 Å². The summed E-state index contributed by atoms with van der Waals surface area (Å²) in [5, 5.41) is 2.91. The molecule has 0 radical (unpaired) electrons. The molecule has 0 aliphatic carbocycles. The van der Waals surface area contributed by atoms with E-state index in [9.17, 15) is 9.00 Å². The minimum absolute atomic E-state index is 0.141. The summed E-state index contributed by atoms with van der Waals surface area (Å²) in [5.74, 6) is 2.66. The Labute approximate surface area is 167 Å². The highest BCUT2D eigenvalue weighted by Gasteiger charge is 2.33. The number of carbonyl (C=O) groups excluding carboxylic acids is 1. The summed E-state index contributed by atoms with van der Waals surface area (Å²) in [7, 11) is 1.02. The van der Waals surface area contributed by atoms with Gasteiger partial charge in [-0.1, -0.05) is 40.6 Å². The molecule has 3 aromatic rings.